The summed E-state index contributed by atoms with van der Waals surface area (Å²) in [7, 11) is 0. The van der Waals surface area contributed by atoms with E-state index in [1.807, 2.05) is 41.0 Å². The smallest absolute Gasteiger partial charge is 0.237 e. The second-order valence-electron chi connectivity index (χ2n) is 8.13. The van der Waals surface area contributed by atoms with Crippen LogP contribution in [0.2, 0.25) is 0 Å². The van der Waals surface area contributed by atoms with E-state index in [0.29, 0.717) is 26.2 Å². The lowest BCUT2D eigenvalue weighted by molar-refractivity contribution is -0.136. The van der Waals surface area contributed by atoms with Crippen molar-refractivity contribution in [1.82, 2.24) is 9.80 Å². The topological polar surface area (TPSA) is 62.2 Å². The Hall–Kier alpha value is -2.63. The number of carbonyl (C=O) groups excluding carboxylic acids is 1. The first-order chi connectivity index (χ1) is 16.0. The summed E-state index contributed by atoms with van der Waals surface area (Å²) in [6, 6.07) is 9.88. The van der Waals surface area contributed by atoms with Crippen molar-refractivity contribution in [3.8, 4) is 18.1 Å². The molecule has 1 amide bonds. The fraction of sp³-hybridized carbons (Fsp3) is 0.423. The van der Waals surface area contributed by atoms with Crippen molar-refractivity contribution in [3.63, 3.8) is 0 Å². The summed E-state index contributed by atoms with van der Waals surface area (Å²) in [5.74, 6) is 3.17. The highest BCUT2D eigenvalue weighted by Crippen LogP contribution is 2.34. The summed E-state index contributed by atoms with van der Waals surface area (Å²) in [6.45, 7) is 8.09. The summed E-state index contributed by atoms with van der Waals surface area (Å²) >= 11 is 1.73. The van der Waals surface area contributed by atoms with Crippen molar-refractivity contribution in [2.45, 2.75) is 25.5 Å². The molecule has 0 spiro atoms. The lowest BCUT2D eigenvalue weighted by atomic mass is 10.0. The van der Waals surface area contributed by atoms with Crippen molar-refractivity contribution in [2.75, 3.05) is 46.0 Å². The predicted octanol–water partition coefficient (Wildman–Crippen LogP) is 3.06. The van der Waals surface area contributed by atoms with Gasteiger partial charge in [0.05, 0.1) is 25.3 Å². The number of aliphatic hydroxyl groups is 1. The molecule has 1 aromatic heterocycles. The highest BCUT2D eigenvalue weighted by atomic mass is 32.1. The molecule has 0 saturated carbocycles. The van der Waals surface area contributed by atoms with Crippen LogP contribution in [-0.4, -0.2) is 72.9 Å². The summed E-state index contributed by atoms with van der Waals surface area (Å²) < 4.78 is 11.3. The first-order valence-corrected chi connectivity index (χ1v) is 12.0. The number of rotatable bonds is 12. The molecule has 7 heteroatoms. The third kappa shape index (κ3) is 7.18. The number of aryl methyl sites for hydroxylation is 1. The lowest BCUT2D eigenvalue weighted by Crippen LogP contribution is -2.48. The molecule has 1 aliphatic heterocycles. The quantitative estimate of drug-likeness (QED) is 0.295. The molecule has 2 heterocycles. The van der Waals surface area contributed by atoms with Crippen LogP contribution in [0.1, 0.15) is 22.0 Å². The molecule has 6 nitrogen and oxygen atoms in total. The Balaban J connectivity index is 1.67. The van der Waals surface area contributed by atoms with Crippen molar-refractivity contribution in [3.05, 3.63) is 64.4 Å². The molecule has 0 saturated heterocycles. The van der Waals surface area contributed by atoms with E-state index in [4.69, 9.17) is 15.9 Å². The highest BCUT2D eigenvalue weighted by molar-refractivity contribution is 7.10. The van der Waals surface area contributed by atoms with E-state index in [2.05, 4.69) is 23.9 Å². The molecule has 1 N–H and O–H groups in total. The Morgan fingerprint density at radius 2 is 2.21 bits per heavy atom. The van der Waals surface area contributed by atoms with Gasteiger partial charge in [0.15, 0.2) is 0 Å². The standard InChI is InChI=1S/C26H32N2O4S/c1-4-12-27(16-21(29)18-31-14-5-2)17-26(30)28-13-10-25-23(11-15-33-25)24(28)19-32-22-8-6-20(3)7-9-22/h2,4,6-9,11,15,21,24,29H,1,10,12-14,16-19H2,3H3. The van der Waals surface area contributed by atoms with Crippen LogP contribution in [-0.2, 0) is 16.0 Å². The van der Waals surface area contributed by atoms with Crippen LogP contribution in [0.4, 0.5) is 0 Å². The van der Waals surface area contributed by atoms with Crippen molar-refractivity contribution in [2.24, 2.45) is 0 Å². The number of hydrogen-bond acceptors (Lipinski definition) is 6. The number of terminal acetylenes is 1. The van der Waals surface area contributed by atoms with E-state index in [1.165, 1.54) is 10.4 Å². The highest BCUT2D eigenvalue weighted by Gasteiger charge is 2.33. The van der Waals surface area contributed by atoms with Crippen LogP contribution < -0.4 is 4.74 Å². The van der Waals surface area contributed by atoms with Crippen LogP contribution in [0.3, 0.4) is 0 Å². The van der Waals surface area contributed by atoms with Gasteiger partial charge in [-0.1, -0.05) is 29.7 Å². The largest absolute Gasteiger partial charge is 0.491 e. The number of amides is 1. The van der Waals surface area contributed by atoms with E-state index in [9.17, 15) is 9.90 Å². The van der Waals surface area contributed by atoms with Gasteiger partial charge in [-0.15, -0.1) is 24.3 Å². The minimum atomic E-state index is -0.739. The number of carbonyl (C=O) groups is 1. The molecule has 0 radical (unpaired) electrons. The maximum atomic E-state index is 13.4. The molecule has 33 heavy (non-hydrogen) atoms. The predicted molar refractivity (Wildman–Crippen MR) is 131 cm³/mol. The molecular formula is C26H32N2O4S. The van der Waals surface area contributed by atoms with Gasteiger partial charge in [-0.2, -0.15) is 0 Å². The van der Waals surface area contributed by atoms with Crippen LogP contribution in [0.25, 0.3) is 0 Å². The normalized spacial score (nSPS) is 16.2. The lowest BCUT2D eigenvalue weighted by Gasteiger charge is -2.37. The van der Waals surface area contributed by atoms with E-state index in [1.54, 1.807) is 17.4 Å². The van der Waals surface area contributed by atoms with Gasteiger partial charge in [-0.25, -0.2) is 0 Å². The van der Waals surface area contributed by atoms with Crippen molar-refractivity contribution >= 4 is 17.2 Å². The third-order valence-electron chi connectivity index (χ3n) is 5.55. The summed E-state index contributed by atoms with van der Waals surface area (Å²) in [4.78, 5) is 18.5. The van der Waals surface area contributed by atoms with Crippen molar-refractivity contribution < 1.29 is 19.4 Å². The zero-order chi connectivity index (χ0) is 23.6. The molecule has 2 atom stereocenters. The molecule has 0 fully saturated rings. The number of nitrogens with zero attached hydrogens (tertiary/aromatic N) is 2. The van der Waals surface area contributed by atoms with Gasteiger partial charge >= 0.3 is 0 Å². The van der Waals surface area contributed by atoms with Gasteiger partial charge in [0, 0.05) is 24.5 Å². The molecular weight excluding hydrogens is 436 g/mol. The number of benzene rings is 1. The second-order valence-corrected chi connectivity index (χ2v) is 9.13. The Bertz CT molecular complexity index is 950. The van der Waals surface area contributed by atoms with Gasteiger partial charge in [0.25, 0.3) is 0 Å². The van der Waals surface area contributed by atoms with Crippen LogP contribution >= 0.6 is 11.3 Å². The Kier molecular flexibility index (Phi) is 9.52. The van der Waals surface area contributed by atoms with E-state index >= 15 is 0 Å². The number of ether oxygens (including phenoxy) is 2. The van der Waals surface area contributed by atoms with E-state index < -0.39 is 6.10 Å². The third-order valence-corrected chi connectivity index (χ3v) is 6.55. The zero-order valence-electron chi connectivity index (χ0n) is 19.1. The average molecular weight is 469 g/mol. The van der Waals surface area contributed by atoms with Crippen LogP contribution in [0.15, 0.2) is 48.4 Å². The minimum Gasteiger partial charge on any atom is -0.491 e. The second kappa shape index (κ2) is 12.6. The zero-order valence-corrected chi connectivity index (χ0v) is 19.9. The maximum Gasteiger partial charge on any atom is 0.237 e. The summed E-state index contributed by atoms with van der Waals surface area (Å²) in [6.07, 6.45) is 7.01. The molecule has 2 unspecified atom stereocenters. The molecule has 0 aliphatic carbocycles. The summed E-state index contributed by atoms with van der Waals surface area (Å²) in [5, 5.41) is 12.3. The molecule has 2 aromatic rings. The van der Waals surface area contributed by atoms with E-state index in [0.717, 1.165) is 17.7 Å². The van der Waals surface area contributed by atoms with Gasteiger partial charge in [-0.3, -0.25) is 9.69 Å². The van der Waals surface area contributed by atoms with E-state index in [-0.39, 0.29) is 31.7 Å². The maximum absolute atomic E-state index is 13.4. The Morgan fingerprint density at radius 1 is 1.42 bits per heavy atom. The molecule has 1 aromatic carbocycles. The van der Waals surface area contributed by atoms with Gasteiger partial charge < -0.3 is 19.5 Å². The number of fused-ring (bicyclic) bond motifs is 1. The Labute approximate surface area is 200 Å². The van der Waals surface area contributed by atoms with Crippen LogP contribution in [0, 0.1) is 19.3 Å². The van der Waals surface area contributed by atoms with Gasteiger partial charge in [-0.05, 0) is 42.5 Å². The van der Waals surface area contributed by atoms with Gasteiger partial charge in [0.2, 0.25) is 5.91 Å². The number of thiophene rings is 1. The van der Waals surface area contributed by atoms with Gasteiger partial charge in [0.1, 0.15) is 19.0 Å². The number of aliphatic hydroxyl groups excluding tert-OH is 1. The van der Waals surface area contributed by atoms with Crippen LogP contribution in [0.5, 0.6) is 5.75 Å². The Morgan fingerprint density at radius 3 is 2.94 bits per heavy atom. The number of hydrogen-bond donors (Lipinski definition) is 1. The monoisotopic (exact) mass is 468 g/mol. The fourth-order valence-electron chi connectivity index (χ4n) is 3.96. The molecule has 3 rings (SSSR count). The van der Waals surface area contributed by atoms with Crippen molar-refractivity contribution in [1.29, 1.82) is 0 Å². The minimum absolute atomic E-state index is 0.00273. The molecule has 1 aliphatic rings. The molecule has 176 valence electrons. The first kappa shape index (κ1) is 25.0. The SMILES string of the molecule is C#CCOCC(O)CN(CC=C)CC(=O)N1CCc2sccc2C1COc1ccc(C)cc1. The first-order valence-electron chi connectivity index (χ1n) is 11.1. The fourth-order valence-corrected chi connectivity index (χ4v) is 4.89. The molecule has 0 bridgehead atoms. The average Bonchev–Trinajstić information content (AvgIpc) is 3.28. The summed E-state index contributed by atoms with van der Waals surface area (Å²) in [5.41, 5.74) is 2.33.